The maximum absolute atomic E-state index is 11.8. The quantitative estimate of drug-likeness (QED) is 0.847. The van der Waals surface area contributed by atoms with E-state index < -0.39 is 6.10 Å². The van der Waals surface area contributed by atoms with Gasteiger partial charge in [0.2, 0.25) is 0 Å². The molecule has 0 aromatic heterocycles. The molecular formula is C14H21ClN2O3. The van der Waals surface area contributed by atoms with Gasteiger partial charge in [0.25, 0.3) is 0 Å². The lowest BCUT2D eigenvalue weighted by Crippen LogP contribution is -2.40. The van der Waals surface area contributed by atoms with Crippen LogP contribution in [0.1, 0.15) is 19.4 Å². The second-order valence-corrected chi connectivity index (χ2v) is 5.01. The molecule has 0 aliphatic carbocycles. The van der Waals surface area contributed by atoms with Crippen LogP contribution >= 0.6 is 11.6 Å². The van der Waals surface area contributed by atoms with E-state index in [0.717, 1.165) is 5.56 Å². The molecule has 2 amide bonds. The van der Waals surface area contributed by atoms with Gasteiger partial charge in [0.15, 0.2) is 0 Å². The maximum atomic E-state index is 11.8. The Morgan fingerprint density at radius 3 is 2.85 bits per heavy atom. The van der Waals surface area contributed by atoms with Gasteiger partial charge in [0.05, 0.1) is 12.7 Å². The van der Waals surface area contributed by atoms with Crippen LogP contribution in [-0.2, 0) is 6.54 Å². The molecule has 1 rings (SSSR count). The van der Waals surface area contributed by atoms with Gasteiger partial charge in [-0.2, -0.15) is 0 Å². The summed E-state index contributed by atoms with van der Waals surface area (Å²) in [6.45, 7) is 4.68. The van der Waals surface area contributed by atoms with Crippen molar-refractivity contribution in [1.29, 1.82) is 0 Å². The molecule has 0 aliphatic rings. The molecule has 0 spiro atoms. The number of hydrogen-bond donors (Lipinski definition) is 2. The van der Waals surface area contributed by atoms with Crippen molar-refractivity contribution in [1.82, 2.24) is 10.2 Å². The minimum absolute atomic E-state index is 0.247. The third-order valence-corrected chi connectivity index (χ3v) is 2.88. The fourth-order valence-corrected chi connectivity index (χ4v) is 1.91. The number of nitrogens with zero attached hydrogens (tertiary/aromatic N) is 1. The van der Waals surface area contributed by atoms with Crippen molar-refractivity contribution < 1.29 is 14.6 Å². The molecule has 0 radical (unpaired) electrons. The van der Waals surface area contributed by atoms with Gasteiger partial charge in [0.1, 0.15) is 5.75 Å². The molecule has 0 fully saturated rings. The van der Waals surface area contributed by atoms with E-state index in [9.17, 15) is 9.90 Å². The highest BCUT2D eigenvalue weighted by Gasteiger charge is 2.11. The molecule has 1 unspecified atom stereocenters. The summed E-state index contributed by atoms with van der Waals surface area (Å²) in [7, 11) is 1.63. The first-order valence-electron chi connectivity index (χ1n) is 6.52. The normalized spacial score (nSPS) is 11.8. The number of urea groups is 1. The van der Waals surface area contributed by atoms with E-state index in [-0.39, 0.29) is 12.6 Å². The van der Waals surface area contributed by atoms with Crippen LogP contribution in [0.2, 0.25) is 5.02 Å². The van der Waals surface area contributed by atoms with Crippen LogP contribution in [0, 0.1) is 0 Å². The highest BCUT2D eigenvalue weighted by Crippen LogP contribution is 2.23. The van der Waals surface area contributed by atoms with Crippen molar-refractivity contribution in [2.45, 2.75) is 26.5 Å². The zero-order valence-corrected chi connectivity index (χ0v) is 12.8. The molecule has 0 aliphatic heterocycles. The zero-order valence-electron chi connectivity index (χ0n) is 12.0. The number of carbonyl (C=O) groups excluding carboxylic acids is 1. The van der Waals surface area contributed by atoms with Crippen molar-refractivity contribution in [3.63, 3.8) is 0 Å². The minimum Gasteiger partial charge on any atom is -0.493 e. The van der Waals surface area contributed by atoms with Gasteiger partial charge in [-0.3, -0.25) is 0 Å². The number of rotatable bonds is 6. The Hall–Kier alpha value is -1.46. The number of aliphatic hydroxyl groups is 1. The summed E-state index contributed by atoms with van der Waals surface area (Å²) in [6, 6.07) is 5.06. The summed E-state index contributed by atoms with van der Waals surface area (Å²) in [6.07, 6.45) is -0.555. The second-order valence-electron chi connectivity index (χ2n) is 4.57. The third kappa shape index (κ3) is 5.27. The van der Waals surface area contributed by atoms with Crippen molar-refractivity contribution >= 4 is 17.6 Å². The fourth-order valence-electron chi connectivity index (χ4n) is 1.75. The average Bonchev–Trinajstić information content (AvgIpc) is 2.37. The molecule has 2 N–H and O–H groups in total. The topological polar surface area (TPSA) is 61.8 Å². The van der Waals surface area contributed by atoms with Crippen LogP contribution in [0.3, 0.4) is 0 Å². The summed E-state index contributed by atoms with van der Waals surface area (Å²) in [5, 5.41) is 12.6. The largest absolute Gasteiger partial charge is 0.493 e. The third-order valence-electron chi connectivity index (χ3n) is 2.64. The SMILES string of the molecule is CCOc1cc(Cl)ccc1CNC(=O)N(C)CC(C)O. The second kappa shape index (κ2) is 7.97. The number of amides is 2. The highest BCUT2D eigenvalue weighted by atomic mass is 35.5. The van der Waals surface area contributed by atoms with Crippen LogP contribution in [-0.4, -0.2) is 42.3 Å². The Morgan fingerprint density at radius 2 is 2.25 bits per heavy atom. The number of likely N-dealkylation sites (N-methyl/N-ethyl adjacent to an activating group) is 1. The predicted octanol–water partition coefficient (Wildman–Crippen LogP) is 2.26. The molecule has 20 heavy (non-hydrogen) atoms. The first kappa shape index (κ1) is 16.6. The van der Waals surface area contributed by atoms with E-state index >= 15 is 0 Å². The van der Waals surface area contributed by atoms with Crippen LogP contribution in [0.5, 0.6) is 5.75 Å². The molecular weight excluding hydrogens is 280 g/mol. The van der Waals surface area contributed by atoms with E-state index in [0.29, 0.717) is 23.9 Å². The summed E-state index contributed by atoms with van der Waals surface area (Å²) < 4.78 is 5.49. The average molecular weight is 301 g/mol. The standard InChI is InChI=1S/C14H21ClN2O3/c1-4-20-13-7-12(15)6-5-11(13)8-16-14(19)17(3)9-10(2)18/h5-7,10,18H,4,8-9H2,1-3H3,(H,16,19). The van der Waals surface area contributed by atoms with E-state index in [2.05, 4.69) is 5.32 Å². The first-order chi connectivity index (χ1) is 9.43. The van der Waals surface area contributed by atoms with Gasteiger partial charge in [-0.25, -0.2) is 4.79 Å². The molecule has 1 atom stereocenters. The summed E-state index contributed by atoms with van der Waals surface area (Å²) in [5.41, 5.74) is 0.857. The molecule has 5 nitrogen and oxygen atoms in total. The first-order valence-corrected chi connectivity index (χ1v) is 6.90. The molecule has 0 saturated heterocycles. The Balaban J connectivity index is 2.63. The molecule has 1 aromatic rings. The smallest absolute Gasteiger partial charge is 0.317 e. The number of hydrogen-bond acceptors (Lipinski definition) is 3. The van der Waals surface area contributed by atoms with Gasteiger partial charge >= 0.3 is 6.03 Å². The zero-order chi connectivity index (χ0) is 15.1. The van der Waals surface area contributed by atoms with Crippen LogP contribution in [0.15, 0.2) is 18.2 Å². The molecule has 1 aromatic carbocycles. The Bertz CT molecular complexity index is 452. The Morgan fingerprint density at radius 1 is 1.55 bits per heavy atom. The van der Waals surface area contributed by atoms with Gasteiger partial charge in [-0.15, -0.1) is 0 Å². The molecule has 0 bridgehead atoms. The lowest BCUT2D eigenvalue weighted by atomic mass is 10.2. The Kier molecular flexibility index (Phi) is 6.61. The van der Waals surface area contributed by atoms with E-state index in [1.165, 1.54) is 4.90 Å². The number of ether oxygens (including phenoxy) is 1. The van der Waals surface area contributed by atoms with Crippen LogP contribution in [0.4, 0.5) is 4.79 Å². The molecule has 0 heterocycles. The Labute approximate surface area is 124 Å². The van der Waals surface area contributed by atoms with Crippen LogP contribution < -0.4 is 10.1 Å². The monoisotopic (exact) mass is 300 g/mol. The molecule has 112 valence electrons. The molecule has 0 saturated carbocycles. The predicted molar refractivity (Wildman–Crippen MR) is 79.2 cm³/mol. The van der Waals surface area contributed by atoms with Gasteiger partial charge < -0.3 is 20.1 Å². The number of nitrogens with one attached hydrogen (secondary N) is 1. The van der Waals surface area contributed by atoms with Crippen LogP contribution in [0.25, 0.3) is 0 Å². The minimum atomic E-state index is -0.555. The fraction of sp³-hybridized carbons (Fsp3) is 0.500. The lowest BCUT2D eigenvalue weighted by Gasteiger charge is -2.20. The number of aliphatic hydroxyl groups excluding tert-OH is 1. The lowest BCUT2D eigenvalue weighted by molar-refractivity contribution is 0.143. The summed E-state index contributed by atoms with van der Waals surface area (Å²) in [4.78, 5) is 13.3. The van der Waals surface area contributed by atoms with Crippen molar-refractivity contribution in [2.75, 3.05) is 20.2 Å². The summed E-state index contributed by atoms with van der Waals surface area (Å²) in [5.74, 6) is 0.665. The van der Waals surface area contributed by atoms with Gasteiger partial charge in [-0.05, 0) is 26.0 Å². The van der Waals surface area contributed by atoms with Gasteiger partial charge in [0, 0.05) is 30.7 Å². The van der Waals surface area contributed by atoms with E-state index in [1.54, 1.807) is 26.1 Å². The number of halogens is 1. The number of carbonyl (C=O) groups is 1. The van der Waals surface area contributed by atoms with E-state index in [1.807, 2.05) is 13.0 Å². The highest BCUT2D eigenvalue weighted by molar-refractivity contribution is 6.30. The van der Waals surface area contributed by atoms with Gasteiger partial charge in [-0.1, -0.05) is 17.7 Å². The van der Waals surface area contributed by atoms with Crippen molar-refractivity contribution in [3.8, 4) is 5.75 Å². The number of benzene rings is 1. The maximum Gasteiger partial charge on any atom is 0.317 e. The molecule has 6 heteroatoms. The van der Waals surface area contributed by atoms with E-state index in [4.69, 9.17) is 16.3 Å². The summed E-state index contributed by atoms with van der Waals surface area (Å²) >= 11 is 5.92. The van der Waals surface area contributed by atoms with Crippen molar-refractivity contribution in [3.05, 3.63) is 28.8 Å². The van der Waals surface area contributed by atoms with Crippen molar-refractivity contribution in [2.24, 2.45) is 0 Å².